The molecule has 0 saturated carbocycles. The molecule has 2 aliphatic rings. The van der Waals surface area contributed by atoms with Crippen molar-refractivity contribution in [2.45, 2.75) is 13.5 Å². The minimum atomic E-state index is 0.196. The average Bonchev–Trinajstić information content (AvgIpc) is 3.50. The highest BCUT2D eigenvalue weighted by molar-refractivity contribution is 7.20. The Bertz CT molecular complexity index is 1240. The van der Waals surface area contributed by atoms with E-state index in [9.17, 15) is 4.79 Å². The summed E-state index contributed by atoms with van der Waals surface area (Å²) >= 11 is 1.48. The molecule has 158 valence electrons. The molecule has 2 unspecified atom stereocenters. The summed E-state index contributed by atoms with van der Waals surface area (Å²) in [5.74, 6) is 2.07. The number of hydrogen-bond acceptors (Lipinski definition) is 7. The minimum Gasteiger partial charge on any atom is -0.464 e. The van der Waals surface area contributed by atoms with E-state index < -0.39 is 0 Å². The molecule has 1 aromatic carbocycles. The zero-order valence-electron chi connectivity index (χ0n) is 17.2. The molecule has 3 aromatic heterocycles. The molecule has 0 N–H and O–H groups in total. The van der Waals surface area contributed by atoms with E-state index in [4.69, 9.17) is 9.15 Å². The van der Waals surface area contributed by atoms with E-state index in [0.29, 0.717) is 28.4 Å². The van der Waals surface area contributed by atoms with Gasteiger partial charge in [0.25, 0.3) is 5.19 Å². The van der Waals surface area contributed by atoms with Gasteiger partial charge in [0, 0.05) is 62.9 Å². The number of aromatic nitrogens is 2. The maximum Gasteiger partial charge on any atom is 0.281 e. The molecule has 2 aliphatic heterocycles. The fraction of sp³-hybridized carbons (Fsp3) is 0.348. The normalized spacial score (nSPS) is 21.3. The van der Waals surface area contributed by atoms with E-state index in [2.05, 4.69) is 20.9 Å². The molecule has 0 radical (unpaired) electrons. The third-order valence-electron chi connectivity index (χ3n) is 6.38. The van der Waals surface area contributed by atoms with Gasteiger partial charge >= 0.3 is 0 Å². The average molecular weight is 435 g/mol. The van der Waals surface area contributed by atoms with Crippen molar-refractivity contribution >= 4 is 38.6 Å². The Morgan fingerprint density at radius 2 is 2.06 bits per heavy atom. The molecule has 5 heterocycles. The number of likely N-dealkylation sites (tertiary alicyclic amines) is 2. The van der Waals surface area contributed by atoms with Crippen LogP contribution in [0.15, 0.2) is 47.2 Å². The monoisotopic (exact) mass is 434 g/mol. The Kier molecular flexibility index (Phi) is 4.43. The fourth-order valence-electron chi connectivity index (χ4n) is 4.86. The van der Waals surface area contributed by atoms with Crippen LogP contribution in [0, 0.1) is 11.8 Å². The third-order valence-corrected chi connectivity index (χ3v) is 7.27. The molecule has 2 fully saturated rings. The van der Waals surface area contributed by atoms with Crippen molar-refractivity contribution < 1.29 is 13.9 Å². The summed E-state index contributed by atoms with van der Waals surface area (Å²) in [5, 5.41) is 1.68. The van der Waals surface area contributed by atoms with Gasteiger partial charge in [-0.25, -0.2) is 4.98 Å². The van der Waals surface area contributed by atoms with Gasteiger partial charge in [0.15, 0.2) is 5.65 Å². The molecule has 0 bridgehead atoms. The molecular weight excluding hydrogens is 412 g/mol. The van der Waals surface area contributed by atoms with Crippen molar-refractivity contribution in [1.82, 2.24) is 19.8 Å². The summed E-state index contributed by atoms with van der Waals surface area (Å²) in [6.45, 7) is 6.39. The molecule has 31 heavy (non-hydrogen) atoms. The van der Waals surface area contributed by atoms with Crippen LogP contribution in [-0.4, -0.2) is 51.9 Å². The Balaban J connectivity index is 1.16. The maximum absolute atomic E-state index is 11.6. The van der Waals surface area contributed by atoms with Crippen molar-refractivity contribution in [2.24, 2.45) is 11.8 Å². The van der Waals surface area contributed by atoms with E-state index in [1.165, 1.54) is 16.9 Å². The highest BCUT2D eigenvalue weighted by Gasteiger charge is 2.40. The predicted molar refractivity (Wildman–Crippen MR) is 118 cm³/mol. The number of carbonyl (C=O) groups excluding carboxylic acids is 1. The van der Waals surface area contributed by atoms with Crippen molar-refractivity contribution in [2.75, 3.05) is 26.2 Å². The van der Waals surface area contributed by atoms with Gasteiger partial charge in [-0.15, -0.1) is 0 Å². The lowest BCUT2D eigenvalue weighted by Crippen LogP contribution is -2.31. The van der Waals surface area contributed by atoms with Gasteiger partial charge in [-0.1, -0.05) is 11.3 Å². The Morgan fingerprint density at radius 3 is 2.84 bits per heavy atom. The summed E-state index contributed by atoms with van der Waals surface area (Å²) < 4.78 is 12.8. The van der Waals surface area contributed by atoms with Crippen LogP contribution in [0.25, 0.3) is 21.3 Å². The maximum atomic E-state index is 11.6. The fourth-order valence-corrected chi connectivity index (χ4v) is 5.65. The van der Waals surface area contributed by atoms with E-state index in [-0.39, 0.29) is 5.91 Å². The van der Waals surface area contributed by atoms with Gasteiger partial charge in [0.2, 0.25) is 5.91 Å². The van der Waals surface area contributed by atoms with Crippen LogP contribution in [0.2, 0.25) is 0 Å². The Hall–Kier alpha value is -2.97. The molecule has 1 amide bonds. The van der Waals surface area contributed by atoms with Gasteiger partial charge < -0.3 is 14.1 Å². The number of pyridine rings is 1. The van der Waals surface area contributed by atoms with Crippen molar-refractivity contribution in [1.29, 1.82) is 0 Å². The Labute approximate surface area is 183 Å². The van der Waals surface area contributed by atoms with Crippen LogP contribution in [0.5, 0.6) is 10.9 Å². The molecule has 2 atom stereocenters. The molecule has 0 aliphatic carbocycles. The van der Waals surface area contributed by atoms with Gasteiger partial charge in [0.05, 0.1) is 11.0 Å². The third kappa shape index (κ3) is 3.45. The molecule has 6 rings (SSSR count). The quantitative estimate of drug-likeness (QED) is 0.481. The molecule has 8 heteroatoms. The first-order chi connectivity index (χ1) is 15.1. The summed E-state index contributed by atoms with van der Waals surface area (Å²) in [4.78, 5) is 24.8. The second-order valence-corrected chi connectivity index (χ2v) is 9.46. The first-order valence-corrected chi connectivity index (χ1v) is 11.3. The smallest absolute Gasteiger partial charge is 0.281 e. The van der Waals surface area contributed by atoms with E-state index in [0.717, 1.165) is 48.4 Å². The second kappa shape index (κ2) is 7.32. The topological polar surface area (TPSA) is 71.7 Å². The van der Waals surface area contributed by atoms with Crippen molar-refractivity contribution in [3.05, 3.63) is 48.4 Å². The number of rotatable bonds is 4. The lowest BCUT2D eigenvalue weighted by molar-refractivity contribution is -0.128. The lowest BCUT2D eigenvalue weighted by atomic mass is 10.0. The number of amides is 1. The SMILES string of the molecule is CC(=O)N1CC2CN(Cc3coc4cc(Oc5nc6ncccc6s5)ccc34)CC2C1. The molecular formula is C23H22N4O3S. The van der Waals surface area contributed by atoms with E-state index in [1.54, 1.807) is 13.1 Å². The molecule has 4 aromatic rings. The van der Waals surface area contributed by atoms with Gasteiger partial charge in [-0.2, -0.15) is 4.98 Å². The number of hydrogen-bond donors (Lipinski definition) is 0. The second-order valence-electron chi connectivity index (χ2n) is 8.46. The lowest BCUT2D eigenvalue weighted by Gasteiger charge is -2.20. The number of furan rings is 1. The van der Waals surface area contributed by atoms with Gasteiger partial charge in [0.1, 0.15) is 11.3 Å². The largest absolute Gasteiger partial charge is 0.464 e. The number of fused-ring (bicyclic) bond motifs is 3. The number of ether oxygens (including phenoxy) is 1. The van der Waals surface area contributed by atoms with Crippen LogP contribution in [-0.2, 0) is 11.3 Å². The van der Waals surface area contributed by atoms with E-state index in [1.807, 2.05) is 35.4 Å². The van der Waals surface area contributed by atoms with Crippen molar-refractivity contribution in [3.8, 4) is 10.9 Å². The summed E-state index contributed by atoms with van der Waals surface area (Å²) in [6, 6.07) is 9.82. The van der Waals surface area contributed by atoms with Crippen LogP contribution in [0.3, 0.4) is 0 Å². The number of carbonyl (C=O) groups is 1. The van der Waals surface area contributed by atoms with Gasteiger partial charge in [-0.05, 0) is 36.1 Å². The highest BCUT2D eigenvalue weighted by atomic mass is 32.1. The first kappa shape index (κ1) is 18.8. The number of nitrogens with zero attached hydrogens (tertiary/aromatic N) is 4. The highest BCUT2D eigenvalue weighted by Crippen LogP contribution is 2.35. The summed E-state index contributed by atoms with van der Waals surface area (Å²) in [5.41, 5.74) is 2.70. The minimum absolute atomic E-state index is 0.196. The molecule has 2 saturated heterocycles. The first-order valence-electron chi connectivity index (χ1n) is 10.5. The summed E-state index contributed by atoms with van der Waals surface area (Å²) in [6.07, 6.45) is 3.58. The van der Waals surface area contributed by atoms with E-state index >= 15 is 0 Å². The zero-order valence-corrected chi connectivity index (χ0v) is 18.0. The number of thiazole rings is 1. The van der Waals surface area contributed by atoms with Crippen molar-refractivity contribution in [3.63, 3.8) is 0 Å². The zero-order chi connectivity index (χ0) is 20.9. The molecule has 7 nitrogen and oxygen atoms in total. The van der Waals surface area contributed by atoms with Crippen LogP contribution in [0.4, 0.5) is 0 Å². The standard InChI is InChI=1S/C23H22N4O3S/c1-14(28)27-11-15-8-26(9-16(15)12-27)10-17-13-29-20-7-18(4-5-19(17)20)30-23-25-22-21(31-23)3-2-6-24-22/h2-7,13,15-16H,8-12H2,1H3. The molecule has 0 spiro atoms. The van der Waals surface area contributed by atoms with Crippen LogP contribution in [0.1, 0.15) is 12.5 Å². The Morgan fingerprint density at radius 1 is 1.23 bits per heavy atom. The number of benzene rings is 1. The van der Waals surface area contributed by atoms with Gasteiger partial charge in [-0.3, -0.25) is 9.69 Å². The predicted octanol–water partition coefficient (Wildman–Crippen LogP) is 4.14. The summed E-state index contributed by atoms with van der Waals surface area (Å²) in [7, 11) is 0. The van der Waals surface area contributed by atoms with Crippen LogP contribution >= 0.6 is 11.3 Å². The van der Waals surface area contributed by atoms with Crippen LogP contribution < -0.4 is 4.74 Å².